The number of piperidine rings is 1. The molecule has 1 aliphatic heterocycles. The third-order valence-electron chi connectivity index (χ3n) is 3.64. The Morgan fingerprint density at radius 3 is 2.24 bits per heavy atom. The molecule has 0 aromatic carbocycles. The van der Waals surface area contributed by atoms with Crippen molar-refractivity contribution in [3.8, 4) is 0 Å². The molecule has 126 valence electrons. The van der Waals surface area contributed by atoms with E-state index in [2.05, 4.69) is 11.8 Å². The predicted octanol–water partition coefficient (Wildman–Crippen LogP) is 0.264. The van der Waals surface area contributed by atoms with Crippen LogP contribution in [-0.2, 0) is 14.2 Å². The highest BCUT2D eigenvalue weighted by Gasteiger charge is 2.26. The third-order valence-corrected chi connectivity index (χ3v) is 3.64. The Hall–Kier alpha value is -0.240. The first-order valence-corrected chi connectivity index (χ1v) is 8.04. The molecule has 0 aromatic heterocycles. The van der Waals surface area contributed by atoms with Gasteiger partial charge in [-0.1, -0.05) is 6.92 Å². The van der Waals surface area contributed by atoms with E-state index in [-0.39, 0.29) is 18.8 Å². The lowest BCUT2D eigenvalue weighted by atomic mass is 10.0. The molecule has 0 amide bonds. The second-order valence-corrected chi connectivity index (χ2v) is 5.39. The van der Waals surface area contributed by atoms with Crippen molar-refractivity contribution in [2.24, 2.45) is 0 Å². The standard InChI is InChI=1S/C15H31NO5/c1-2-6-19-8-10-21-11-9-20-7-5-16-4-3-15(18)12-14(16)13-17/h14-15,17-18H,2-13H2,1H3. The highest BCUT2D eigenvalue weighted by Crippen LogP contribution is 2.16. The van der Waals surface area contributed by atoms with E-state index in [4.69, 9.17) is 14.2 Å². The minimum atomic E-state index is -0.275. The van der Waals surface area contributed by atoms with E-state index in [9.17, 15) is 10.2 Å². The number of aliphatic hydroxyl groups is 2. The van der Waals surface area contributed by atoms with Crippen LogP contribution in [0.4, 0.5) is 0 Å². The van der Waals surface area contributed by atoms with E-state index >= 15 is 0 Å². The maximum Gasteiger partial charge on any atom is 0.0701 e. The fourth-order valence-corrected chi connectivity index (χ4v) is 2.43. The molecule has 2 atom stereocenters. The van der Waals surface area contributed by atoms with Gasteiger partial charge in [0.15, 0.2) is 0 Å². The van der Waals surface area contributed by atoms with Gasteiger partial charge in [0, 0.05) is 25.7 Å². The second kappa shape index (κ2) is 12.3. The van der Waals surface area contributed by atoms with Crippen LogP contribution in [0.5, 0.6) is 0 Å². The van der Waals surface area contributed by atoms with Gasteiger partial charge in [-0.2, -0.15) is 0 Å². The minimum Gasteiger partial charge on any atom is -0.395 e. The van der Waals surface area contributed by atoms with E-state index in [1.165, 1.54) is 0 Å². The van der Waals surface area contributed by atoms with Crippen LogP contribution >= 0.6 is 0 Å². The van der Waals surface area contributed by atoms with Crippen molar-refractivity contribution in [3.63, 3.8) is 0 Å². The monoisotopic (exact) mass is 305 g/mol. The van der Waals surface area contributed by atoms with Crippen LogP contribution in [0.1, 0.15) is 26.2 Å². The summed E-state index contributed by atoms with van der Waals surface area (Å²) in [6.45, 7) is 7.61. The average Bonchev–Trinajstić information content (AvgIpc) is 2.50. The predicted molar refractivity (Wildman–Crippen MR) is 80.4 cm³/mol. The number of rotatable bonds is 12. The van der Waals surface area contributed by atoms with Crippen LogP contribution in [0.3, 0.4) is 0 Å². The Bertz CT molecular complexity index is 242. The van der Waals surface area contributed by atoms with Crippen molar-refractivity contribution >= 4 is 0 Å². The van der Waals surface area contributed by atoms with Gasteiger partial charge in [0.2, 0.25) is 0 Å². The van der Waals surface area contributed by atoms with Gasteiger partial charge in [-0.15, -0.1) is 0 Å². The van der Waals surface area contributed by atoms with E-state index in [0.29, 0.717) is 39.5 Å². The van der Waals surface area contributed by atoms with E-state index < -0.39 is 0 Å². The lowest BCUT2D eigenvalue weighted by Gasteiger charge is -2.36. The normalized spacial score (nSPS) is 23.6. The van der Waals surface area contributed by atoms with Gasteiger partial charge in [0.1, 0.15) is 0 Å². The Balaban J connectivity index is 1.91. The Labute approximate surface area is 128 Å². The van der Waals surface area contributed by atoms with Crippen molar-refractivity contribution in [1.82, 2.24) is 4.90 Å². The molecule has 1 rings (SSSR count). The highest BCUT2D eigenvalue weighted by atomic mass is 16.5. The van der Waals surface area contributed by atoms with E-state index in [1.54, 1.807) is 0 Å². The summed E-state index contributed by atoms with van der Waals surface area (Å²) < 4.78 is 16.2. The first-order chi connectivity index (χ1) is 10.3. The van der Waals surface area contributed by atoms with Crippen molar-refractivity contribution in [1.29, 1.82) is 0 Å². The van der Waals surface area contributed by atoms with Crippen LogP contribution < -0.4 is 0 Å². The lowest BCUT2D eigenvalue weighted by molar-refractivity contribution is -0.0128. The van der Waals surface area contributed by atoms with Crippen molar-refractivity contribution in [2.75, 3.05) is 59.3 Å². The topological polar surface area (TPSA) is 71.4 Å². The van der Waals surface area contributed by atoms with Gasteiger partial charge in [-0.05, 0) is 19.3 Å². The third kappa shape index (κ3) is 8.70. The summed E-state index contributed by atoms with van der Waals surface area (Å²) in [7, 11) is 0. The molecule has 0 aliphatic carbocycles. The molecule has 6 nitrogen and oxygen atoms in total. The molecule has 1 heterocycles. The summed E-state index contributed by atoms with van der Waals surface area (Å²) in [5.74, 6) is 0. The molecule has 1 saturated heterocycles. The quantitative estimate of drug-likeness (QED) is 0.504. The zero-order valence-corrected chi connectivity index (χ0v) is 13.2. The first-order valence-electron chi connectivity index (χ1n) is 8.04. The maximum absolute atomic E-state index is 9.58. The molecule has 6 heteroatoms. The molecule has 0 aromatic rings. The lowest BCUT2D eigenvalue weighted by Crippen LogP contribution is -2.47. The second-order valence-electron chi connectivity index (χ2n) is 5.39. The fraction of sp³-hybridized carbons (Fsp3) is 1.00. The van der Waals surface area contributed by atoms with Crippen LogP contribution in [-0.4, -0.2) is 86.6 Å². The Morgan fingerprint density at radius 1 is 1.00 bits per heavy atom. The summed E-state index contributed by atoms with van der Waals surface area (Å²) in [4.78, 5) is 2.19. The molecule has 1 fully saturated rings. The summed E-state index contributed by atoms with van der Waals surface area (Å²) in [5, 5.41) is 18.9. The summed E-state index contributed by atoms with van der Waals surface area (Å²) >= 11 is 0. The maximum atomic E-state index is 9.58. The van der Waals surface area contributed by atoms with Gasteiger partial charge in [-0.25, -0.2) is 0 Å². The Kier molecular flexibility index (Phi) is 11.0. The number of aliphatic hydroxyl groups excluding tert-OH is 2. The van der Waals surface area contributed by atoms with Gasteiger partial charge in [0.25, 0.3) is 0 Å². The number of hydrogen-bond donors (Lipinski definition) is 2. The number of hydrogen-bond acceptors (Lipinski definition) is 6. The fourth-order valence-electron chi connectivity index (χ4n) is 2.43. The summed E-state index contributed by atoms with van der Waals surface area (Å²) in [6.07, 6.45) is 2.18. The minimum absolute atomic E-state index is 0.0596. The molecule has 0 saturated carbocycles. The molecule has 2 N–H and O–H groups in total. The summed E-state index contributed by atoms with van der Waals surface area (Å²) in [5.41, 5.74) is 0. The highest BCUT2D eigenvalue weighted by molar-refractivity contribution is 4.80. The molecule has 2 unspecified atom stereocenters. The van der Waals surface area contributed by atoms with Gasteiger partial charge < -0.3 is 24.4 Å². The van der Waals surface area contributed by atoms with E-state index in [0.717, 1.165) is 32.5 Å². The molecule has 0 bridgehead atoms. The SMILES string of the molecule is CCCOCCOCCOCCN1CCC(O)CC1CO. The van der Waals surface area contributed by atoms with Crippen molar-refractivity contribution < 1.29 is 24.4 Å². The molecule has 0 spiro atoms. The first kappa shape index (κ1) is 18.8. The number of ether oxygens (including phenoxy) is 3. The van der Waals surface area contributed by atoms with Crippen LogP contribution in [0.15, 0.2) is 0 Å². The van der Waals surface area contributed by atoms with Crippen molar-refractivity contribution in [2.45, 2.75) is 38.3 Å². The largest absolute Gasteiger partial charge is 0.395 e. The molecular formula is C15H31NO5. The zero-order chi connectivity index (χ0) is 15.3. The zero-order valence-electron chi connectivity index (χ0n) is 13.2. The van der Waals surface area contributed by atoms with E-state index in [1.807, 2.05) is 0 Å². The van der Waals surface area contributed by atoms with Crippen LogP contribution in [0.25, 0.3) is 0 Å². The van der Waals surface area contributed by atoms with Crippen LogP contribution in [0.2, 0.25) is 0 Å². The van der Waals surface area contributed by atoms with Gasteiger partial charge >= 0.3 is 0 Å². The Morgan fingerprint density at radius 2 is 1.62 bits per heavy atom. The average molecular weight is 305 g/mol. The van der Waals surface area contributed by atoms with Gasteiger partial charge in [-0.3, -0.25) is 4.90 Å². The summed E-state index contributed by atoms with van der Waals surface area (Å²) in [6, 6.07) is 0.0596. The molecule has 0 radical (unpaired) electrons. The van der Waals surface area contributed by atoms with Crippen molar-refractivity contribution in [3.05, 3.63) is 0 Å². The number of likely N-dealkylation sites (tertiary alicyclic amines) is 1. The van der Waals surface area contributed by atoms with Gasteiger partial charge in [0.05, 0.1) is 45.7 Å². The molecular weight excluding hydrogens is 274 g/mol. The smallest absolute Gasteiger partial charge is 0.0701 e. The molecule has 21 heavy (non-hydrogen) atoms. The molecule has 1 aliphatic rings. The number of nitrogens with zero attached hydrogens (tertiary/aromatic N) is 1. The van der Waals surface area contributed by atoms with Crippen LogP contribution in [0, 0.1) is 0 Å².